The van der Waals surface area contributed by atoms with Crippen molar-refractivity contribution in [3.8, 4) is 0 Å². The lowest BCUT2D eigenvalue weighted by Crippen LogP contribution is -1.96. The van der Waals surface area contributed by atoms with Gasteiger partial charge in [-0.15, -0.1) is 11.3 Å². The zero-order chi connectivity index (χ0) is 8.72. The monoisotopic (exact) mass is 245 g/mol. The van der Waals surface area contributed by atoms with Gasteiger partial charge in [0, 0.05) is 0 Å². The number of aromatic carboxylic acids is 1. The van der Waals surface area contributed by atoms with E-state index in [4.69, 9.17) is 5.11 Å². The van der Waals surface area contributed by atoms with Gasteiger partial charge in [-0.3, -0.25) is 0 Å². The van der Waals surface area contributed by atoms with Gasteiger partial charge in [-0.25, -0.2) is 4.79 Å². The predicted octanol–water partition coefficient (Wildman–Crippen LogP) is 2.69. The van der Waals surface area contributed by atoms with Crippen LogP contribution >= 0.6 is 27.3 Å². The van der Waals surface area contributed by atoms with E-state index in [-0.39, 0.29) is 5.69 Å². The first kappa shape index (κ1) is 7.82. The Morgan fingerprint density at radius 3 is 3.00 bits per heavy atom. The molecule has 2 N–H and O–H groups in total. The summed E-state index contributed by atoms with van der Waals surface area (Å²) in [5.41, 5.74) is 1.08. The molecule has 2 aromatic heterocycles. The number of carbonyl (C=O) groups is 1. The van der Waals surface area contributed by atoms with Gasteiger partial charge in [0.1, 0.15) is 5.69 Å². The highest BCUT2D eigenvalue weighted by Gasteiger charge is 2.14. The zero-order valence-electron chi connectivity index (χ0n) is 5.80. The van der Waals surface area contributed by atoms with Crippen molar-refractivity contribution in [1.82, 2.24) is 4.98 Å². The molecule has 0 aliphatic heterocycles. The normalized spacial score (nSPS) is 10.8. The SMILES string of the molecule is O=C(O)c1[nH]c2ccsc2c1Br. The number of rotatable bonds is 1. The Labute approximate surface area is 80.2 Å². The summed E-state index contributed by atoms with van der Waals surface area (Å²) in [5.74, 6) is -0.940. The van der Waals surface area contributed by atoms with Crippen molar-refractivity contribution in [1.29, 1.82) is 0 Å². The van der Waals surface area contributed by atoms with Crippen molar-refractivity contribution < 1.29 is 9.90 Å². The Balaban J connectivity index is 2.78. The van der Waals surface area contributed by atoms with Crippen LogP contribution in [0.5, 0.6) is 0 Å². The van der Waals surface area contributed by atoms with E-state index < -0.39 is 5.97 Å². The van der Waals surface area contributed by atoms with Gasteiger partial charge in [0.15, 0.2) is 0 Å². The van der Waals surface area contributed by atoms with Crippen LogP contribution in [0.4, 0.5) is 0 Å². The molecular weight excluding hydrogens is 242 g/mol. The van der Waals surface area contributed by atoms with Crippen LogP contribution in [-0.4, -0.2) is 16.1 Å². The minimum Gasteiger partial charge on any atom is -0.477 e. The summed E-state index contributed by atoms with van der Waals surface area (Å²) in [6.45, 7) is 0. The average Bonchev–Trinajstić information content (AvgIpc) is 2.53. The molecule has 0 unspecified atom stereocenters. The number of carboxylic acids is 1. The molecule has 0 aliphatic carbocycles. The van der Waals surface area contributed by atoms with Crippen LogP contribution in [0.2, 0.25) is 0 Å². The Hall–Kier alpha value is -0.810. The minimum atomic E-state index is -0.940. The molecule has 0 amide bonds. The fourth-order valence-corrected chi connectivity index (χ4v) is 2.58. The number of hydrogen-bond donors (Lipinski definition) is 2. The summed E-state index contributed by atoms with van der Waals surface area (Å²) in [6, 6.07) is 1.86. The topological polar surface area (TPSA) is 53.1 Å². The Kier molecular flexibility index (Phi) is 1.69. The molecule has 0 radical (unpaired) electrons. The van der Waals surface area contributed by atoms with E-state index in [0.29, 0.717) is 4.47 Å². The van der Waals surface area contributed by atoms with E-state index in [9.17, 15) is 4.79 Å². The molecule has 0 saturated heterocycles. The first-order valence-electron chi connectivity index (χ1n) is 3.18. The van der Waals surface area contributed by atoms with Crippen LogP contribution in [-0.2, 0) is 0 Å². The van der Waals surface area contributed by atoms with E-state index in [2.05, 4.69) is 20.9 Å². The fourth-order valence-electron chi connectivity index (χ4n) is 1.03. The minimum absolute atomic E-state index is 0.219. The molecular formula is C7H4BrNO2S. The Morgan fingerprint density at radius 2 is 2.42 bits per heavy atom. The first-order chi connectivity index (χ1) is 5.70. The third-order valence-corrected chi connectivity index (χ3v) is 3.54. The zero-order valence-corrected chi connectivity index (χ0v) is 8.20. The third-order valence-electron chi connectivity index (χ3n) is 1.56. The fraction of sp³-hybridized carbons (Fsp3) is 0. The standard InChI is InChI=1S/C7H4BrNO2S/c8-4-5(7(10)11)9-3-1-2-12-6(3)4/h1-2,9H,(H,10,11). The molecule has 0 bridgehead atoms. The highest BCUT2D eigenvalue weighted by Crippen LogP contribution is 2.31. The molecule has 0 saturated carbocycles. The van der Waals surface area contributed by atoms with Crippen molar-refractivity contribution in [3.05, 3.63) is 21.6 Å². The lowest BCUT2D eigenvalue weighted by atomic mass is 10.4. The number of fused-ring (bicyclic) bond motifs is 1. The Morgan fingerprint density at radius 1 is 1.67 bits per heavy atom. The quantitative estimate of drug-likeness (QED) is 0.812. The molecule has 3 nitrogen and oxygen atoms in total. The van der Waals surface area contributed by atoms with Crippen molar-refractivity contribution in [2.75, 3.05) is 0 Å². The van der Waals surface area contributed by atoms with E-state index in [1.165, 1.54) is 11.3 Å². The van der Waals surface area contributed by atoms with Gasteiger partial charge >= 0.3 is 5.97 Å². The average molecular weight is 246 g/mol. The smallest absolute Gasteiger partial charge is 0.353 e. The molecule has 2 aromatic rings. The van der Waals surface area contributed by atoms with Crippen molar-refractivity contribution in [3.63, 3.8) is 0 Å². The molecule has 0 atom stereocenters. The van der Waals surface area contributed by atoms with E-state index in [1.807, 2.05) is 11.4 Å². The number of carboxylic acid groups (broad SMARTS) is 1. The highest BCUT2D eigenvalue weighted by atomic mass is 79.9. The Bertz CT molecular complexity index is 445. The molecule has 2 rings (SSSR count). The third kappa shape index (κ3) is 0.971. The number of halogens is 1. The van der Waals surface area contributed by atoms with E-state index in [0.717, 1.165) is 10.2 Å². The molecule has 0 aliphatic rings. The predicted molar refractivity (Wildman–Crippen MR) is 50.8 cm³/mol. The van der Waals surface area contributed by atoms with E-state index >= 15 is 0 Å². The number of nitrogens with one attached hydrogen (secondary N) is 1. The second-order valence-corrected chi connectivity index (χ2v) is 3.99. The van der Waals surface area contributed by atoms with Crippen LogP contribution < -0.4 is 0 Å². The second kappa shape index (κ2) is 2.60. The number of aromatic amines is 1. The van der Waals surface area contributed by atoms with E-state index in [1.54, 1.807) is 0 Å². The molecule has 0 aromatic carbocycles. The number of H-pyrrole nitrogens is 1. The highest BCUT2D eigenvalue weighted by molar-refractivity contribution is 9.10. The number of thiophene rings is 1. The summed E-state index contributed by atoms with van der Waals surface area (Å²) in [4.78, 5) is 13.4. The largest absolute Gasteiger partial charge is 0.477 e. The van der Waals surface area contributed by atoms with Gasteiger partial charge in [0.05, 0.1) is 14.7 Å². The molecule has 0 spiro atoms. The van der Waals surface area contributed by atoms with Gasteiger partial charge in [0.2, 0.25) is 0 Å². The molecule has 12 heavy (non-hydrogen) atoms. The molecule has 5 heteroatoms. The maximum Gasteiger partial charge on any atom is 0.353 e. The molecule has 2 heterocycles. The van der Waals surface area contributed by atoms with Crippen molar-refractivity contribution >= 4 is 43.5 Å². The lowest BCUT2D eigenvalue weighted by molar-refractivity contribution is 0.0690. The second-order valence-electron chi connectivity index (χ2n) is 2.28. The summed E-state index contributed by atoms with van der Waals surface area (Å²) in [7, 11) is 0. The summed E-state index contributed by atoms with van der Waals surface area (Å²) >= 11 is 4.74. The van der Waals surface area contributed by atoms with Gasteiger partial charge < -0.3 is 10.1 Å². The molecule has 62 valence electrons. The first-order valence-corrected chi connectivity index (χ1v) is 4.85. The number of aromatic nitrogens is 1. The van der Waals surface area contributed by atoms with Gasteiger partial charge in [0.25, 0.3) is 0 Å². The summed E-state index contributed by atoms with van der Waals surface area (Å²) in [6.07, 6.45) is 0. The summed E-state index contributed by atoms with van der Waals surface area (Å²) < 4.78 is 1.59. The lowest BCUT2D eigenvalue weighted by Gasteiger charge is -1.87. The van der Waals surface area contributed by atoms with Crippen LogP contribution in [0.1, 0.15) is 10.5 Å². The van der Waals surface area contributed by atoms with Crippen LogP contribution in [0.25, 0.3) is 10.2 Å². The van der Waals surface area contributed by atoms with Crippen molar-refractivity contribution in [2.45, 2.75) is 0 Å². The molecule has 0 fully saturated rings. The van der Waals surface area contributed by atoms with Gasteiger partial charge in [-0.2, -0.15) is 0 Å². The van der Waals surface area contributed by atoms with Crippen LogP contribution in [0, 0.1) is 0 Å². The summed E-state index contributed by atoms with van der Waals surface area (Å²) in [5, 5.41) is 10.6. The number of hydrogen-bond acceptors (Lipinski definition) is 2. The van der Waals surface area contributed by atoms with Gasteiger partial charge in [-0.05, 0) is 27.4 Å². The van der Waals surface area contributed by atoms with Crippen LogP contribution in [0.15, 0.2) is 15.9 Å². The van der Waals surface area contributed by atoms with Crippen molar-refractivity contribution in [2.24, 2.45) is 0 Å². The maximum absolute atomic E-state index is 10.6. The maximum atomic E-state index is 10.6. The van der Waals surface area contributed by atoms with Gasteiger partial charge in [-0.1, -0.05) is 0 Å². The van der Waals surface area contributed by atoms with Crippen LogP contribution in [0.3, 0.4) is 0 Å².